The van der Waals surface area contributed by atoms with Crippen molar-refractivity contribution < 1.29 is 0 Å². The second-order valence-electron chi connectivity index (χ2n) is 5.45. The van der Waals surface area contributed by atoms with Crippen molar-refractivity contribution in [3.63, 3.8) is 0 Å². The van der Waals surface area contributed by atoms with Crippen LogP contribution >= 0.6 is 11.3 Å². The number of nitrogens with one attached hydrogen (secondary N) is 1. The number of aryl methyl sites for hydroxylation is 2. The molecular formula is C16H21N3S. The quantitative estimate of drug-likeness (QED) is 0.940. The largest absolute Gasteiger partial charge is 0.352 e. The number of nitrogens with zero attached hydrogens (tertiary/aromatic N) is 2. The van der Waals surface area contributed by atoms with E-state index in [1.807, 2.05) is 18.4 Å². The van der Waals surface area contributed by atoms with E-state index in [0.29, 0.717) is 0 Å². The van der Waals surface area contributed by atoms with Gasteiger partial charge in [0.2, 0.25) is 0 Å². The Labute approximate surface area is 124 Å². The molecule has 1 N–H and O–H groups in total. The zero-order valence-electron chi connectivity index (χ0n) is 12.4. The van der Waals surface area contributed by atoms with Crippen molar-refractivity contribution in [1.82, 2.24) is 10.3 Å². The van der Waals surface area contributed by atoms with Crippen LogP contribution in [0.1, 0.15) is 27.3 Å². The first-order valence-electron chi connectivity index (χ1n) is 7.11. The summed E-state index contributed by atoms with van der Waals surface area (Å²) < 4.78 is 0. The molecule has 0 spiro atoms. The van der Waals surface area contributed by atoms with Gasteiger partial charge in [-0.1, -0.05) is 0 Å². The van der Waals surface area contributed by atoms with Gasteiger partial charge in [0, 0.05) is 35.8 Å². The van der Waals surface area contributed by atoms with E-state index in [1.165, 1.54) is 16.7 Å². The van der Waals surface area contributed by atoms with Crippen LogP contribution in [0.4, 0.5) is 5.82 Å². The summed E-state index contributed by atoms with van der Waals surface area (Å²) in [5, 5.41) is 5.48. The fourth-order valence-corrected chi connectivity index (χ4v) is 3.82. The molecule has 2 aromatic rings. The van der Waals surface area contributed by atoms with E-state index < -0.39 is 0 Å². The van der Waals surface area contributed by atoms with Crippen LogP contribution in [0.3, 0.4) is 0 Å². The van der Waals surface area contributed by atoms with Crippen LogP contribution in [-0.2, 0) is 19.5 Å². The van der Waals surface area contributed by atoms with Gasteiger partial charge in [-0.05, 0) is 56.0 Å². The van der Waals surface area contributed by atoms with E-state index in [0.717, 1.165) is 37.6 Å². The smallest absolute Gasteiger partial charge is 0.133 e. The molecule has 3 rings (SSSR count). The molecule has 0 radical (unpaired) electrons. The van der Waals surface area contributed by atoms with Crippen molar-refractivity contribution in [2.75, 3.05) is 18.5 Å². The van der Waals surface area contributed by atoms with Gasteiger partial charge in [-0.15, -0.1) is 11.3 Å². The molecule has 0 saturated carbocycles. The van der Waals surface area contributed by atoms with E-state index >= 15 is 0 Å². The van der Waals surface area contributed by atoms with E-state index in [9.17, 15) is 0 Å². The van der Waals surface area contributed by atoms with Gasteiger partial charge in [0.05, 0.1) is 0 Å². The van der Waals surface area contributed by atoms with Gasteiger partial charge < -0.3 is 10.2 Å². The third kappa shape index (κ3) is 2.45. The van der Waals surface area contributed by atoms with Crippen molar-refractivity contribution in [2.45, 2.75) is 33.4 Å². The number of hydrogen-bond donors (Lipinski definition) is 1. The highest BCUT2D eigenvalue weighted by Gasteiger charge is 2.21. The van der Waals surface area contributed by atoms with Gasteiger partial charge in [0.15, 0.2) is 0 Å². The average molecular weight is 287 g/mol. The van der Waals surface area contributed by atoms with Crippen molar-refractivity contribution in [3.05, 3.63) is 44.8 Å². The molecule has 0 aliphatic carbocycles. The number of pyridine rings is 1. The Morgan fingerprint density at radius 2 is 2.25 bits per heavy atom. The minimum atomic E-state index is 0.876. The SMILES string of the molecule is CNCc1c(C)cc(C)nc1N1CCc2sccc2C1. The summed E-state index contributed by atoms with van der Waals surface area (Å²) in [5.74, 6) is 1.16. The predicted molar refractivity (Wildman–Crippen MR) is 85.5 cm³/mol. The fraction of sp³-hybridized carbons (Fsp3) is 0.438. The maximum absolute atomic E-state index is 4.82. The number of aromatic nitrogens is 1. The summed E-state index contributed by atoms with van der Waals surface area (Å²) >= 11 is 1.88. The summed E-state index contributed by atoms with van der Waals surface area (Å²) in [6, 6.07) is 4.43. The summed E-state index contributed by atoms with van der Waals surface area (Å²) in [5.41, 5.74) is 5.24. The molecule has 0 fully saturated rings. The van der Waals surface area contributed by atoms with Gasteiger partial charge in [-0.3, -0.25) is 0 Å². The highest BCUT2D eigenvalue weighted by Crippen LogP contribution is 2.30. The number of anilines is 1. The molecule has 0 atom stereocenters. The Morgan fingerprint density at radius 3 is 3.05 bits per heavy atom. The Morgan fingerprint density at radius 1 is 1.40 bits per heavy atom. The third-order valence-corrected chi connectivity index (χ3v) is 4.94. The van der Waals surface area contributed by atoms with Crippen molar-refractivity contribution >= 4 is 17.2 Å². The molecule has 1 aliphatic rings. The van der Waals surface area contributed by atoms with Crippen LogP contribution < -0.4 is 10.2 Å². The Balaban J connectivity index is 1.98. The first-order valence-corrected chi connectivity index (χ1v) is 7.99. The van der Waals surface area contributed by atoms with Gasteiger partial charge >= 0.3 is 0 Å². The fourth-order valence-electron chi connectivity index (χ4n) is 2.93. The number of fused-ring (bicyclic) bond motifs is 1. The number of thiophene rings is 1. The van der Waals surface area contributed by atoms with E-state index in [-0.39, 0.29) is 0 Å². The van der Waals surface area contributed by atoms with Gasteiger partial charge in [0.1, 0.15) is 5.82 Å². The highest BCUT2D eigenvalue weighted by molar-refractivity contribution is 7.10. The minimum absolute atomic E-state index is 0.876. The first-order chi connectivity index (χ1) is 9.69. The molecule has 3 nitrogen and oxygen atoms in total. The summed E-state index contributed by atoms with van der Waals surface area (Å²) in [4.78, 5) is 8.80. The van der Waals surface area contributed by atoms with E-state index in [2.05, 4.69) is 41.6 Å². The van der Waals surface area contributed by atoms with Crippen LogP contribution in [0.25, 0.3) is 0 Å². The molecule has 20 heavy (non-hydrogen) atoms. The van der Waals surface area contributed by atoms with Gasteiger partial charge in [0.25, 0.3) is 0 Å². The lowest BCUT2D eigenvalue weighted by molar-refractivity contribution is 0.712. The molecule has 0 amide bonds. The summed E-state index contributed by atoms with van der Waals surface area (Å²) in [7, 11) is 2.00. The van der Waals surface area contributed by atoms with Crippen molar-refractivity contribution in [2.24, 2.45) is 0 Å². The lowest BCUT2D eigenvalue weighted by atomic mass is 10.1. The molecule has 3 heterocycles. The molecule has 0 aromatic carbocycles. The average Bonchev–Trinajstić information content (AvgIpc) is 2.88. The minimum Gasteiger partial charge on any atom is -0.352 e. The van der Waals surface area contributed by atoms with Crippen LogP contribution in [0.15, 0.2) is 17.5 Å². The van der Waals surface area contributed by atoms with Gasteiger partial charge in [-0.25, -0.2) is 4.98 Å². The number of hydrogen-bond acceptors (Lipinski definition) is 4. The van der Waals surface area contributed by atoms with E-state index in [1.54, 1.807) is 4.88 Å². The van der Waals surface area contributed by atoms with Crippen molar-refractivity contribution in [1.29, 1.82) is 0 Å². The van der Waals surface area contributed by atoms with Gasteiger partial charge in [-0.2, -0.15) is 0 Å². The molecule has 106 valence electrons. The zero-order valence-corrected chi connectivity index (χ0v) is 13.2. The standard InChI is InChI=1S/C16H21N3S/c1-11-8-12(2)18-16(14(11)9-17-3)19-6-4-15-13(10-19)5-7-20-15/h5,7-8,17H,4,6,9-10H2,1-3H3. The number of rotatable bonds is 3. The maximum Gasteiger partial charge on any atom is 0.133 e. The first kappa shape index (κ1) is 13.6. The molecular weight excluding hydrogens is 266 g/mol. The topological polar surface area (TPSA) is 28.2 Å². The predicted octanol–water partition coefficient (Wildman–Crippen LogP) is 3.04. The maximum atomic E-state index is 4.82. The van der Waals surface area contributed by atoms with Crippen LogP contribution in [-0.4, -0.2) is 18.6 Å². The van der Waals surface area contributed by atoms with E-state index in [4.69, 9.17) is 4.98 Å². The van der Waals surface area contributed by atoms with Crippen molar-refractivity contribution in [3.8, 4) is 0 Å². The Bertz CT molecular complexity index is 618. The normalized spacial score (nSPS) is 14.4. The zero-order chi connectivity index (χ0) is 14.1. The van der Waals surface area contributed by atoms with Crippen LogP contribution in [0, 0.1) is 13.8 Å². The van der Waals surface area contributed by atoms with Crippen LogP contribution in [0.2, 0.25) is 0 Å². The lowest BCUT2D eigenvalue weighted by Crippen LogP contribution is -2.32. The Kier molecular flexibility index (Phi) is 3.76. The molecule has 0 saturated heterocycles. The van der Waals surface area contributed by atoms with Crippen LogP contribution in [0.5, 0.6) is 0 Å². The third-order valence-electron chi connectivity index (χ3n) is 3.91. The molecule has 4 heteroatoms. The summed E-state index contributed by atoms with van der Waals surface area (Å²) in [6.07, 6.45) is 1.14. The molecule has 0 bridgehead atoms. The second kappa shape index (κ2) is 5.54. The molecule has 1 aliphatic heterocycles. The highest BCUT2D eigenvalue weighted by atomic mass is 32.1. The second-order valence-corrected chi connectivity index (χ2v) is 6.45. The monoisotopic (exact) mass is 287 g/mol. The molecule has 2 aromatic heterocycles. The lowest BCUT2D eigenvalue weighted by Gasteiger charge is -2.30. The Hall–Kier alpha value is -1.39. The molecule has 0 unspecified atom stereocenters. The summed E-state index contributed by atoms with van der Waals surface area (Å²) in [6.45, 7) is 7.21.